The number of carbonyl (C=O) groups is 1. The van der Waals surface area contributed by atoms with E-state index in [2.05, 4.69) is 20.2 Å². The van der Waals surface area contributed by atoms with Crippen LogP contribution >= 0.6 is 0 Å². The summed E-state index contributed by atoms with van der Waals surface area (Å²) in [6.45, 7) is 6.27. The molecule has 1 saturated heterocycles. The number of hydrogen-bond acceptors (Lipinski definition) is 6. The first kappa shape index (κ1) is 16.6. The lowest BCUT2D eigenvalue weighted by Crippen LogP contribution is -2.39. The van der Waals surface area contributed by atoms with Gasteiger partial charge in [0, 0.05) is 32.0 Å². The van der Waals surface area contributed by atoms with E-state index in [-0.39, 0.29) is 17.7 Å². The molecule has 3 heterocycles. The van der Waals surface area contributed by atoms with E-state index >= 15 is 0 Å². The standard InChI is InChI=1S/C16H24N6O2/c1-12(2)15-19-16(24-20-15)13-5-3-7-21(9-13)14(23)6-4-8-22-11-17-10-18-22/h10-13H,3-9H2,1-2H3. The summed E-state index contributed by atoms with van der Waals surface area (Å²) in [4.78, 5) is 22.7. The van der Waals surface area contributed by atoms with E-state index in [4.69, 9.17) is 4.52 Å². The normalized spacial score (nSPS) is 18.3. The smallest absolute Gasteiger partial charge is 0.231 e. The van der Waals surface area contributed by atoms with Crippen molar-refractivity contribution < 1.29 is 9.32 Å². The van der Waals surface area contributed by atoms with Gasteiger partial charge in [0.15, 0.2) is 5.82 Å². The van der Waals surface area contributed by atoms with E-state index in [9.17, 15) is 4.79 Å². The molecule has 0 aliphatic carbocycles. The van der Waals surface area contributed by atoms with Crippen LogP contribution < -0.4 is 0 Å². The van der Waals surface area contributed by atoms with Crippen LogP contribution in [0.15, 0.2) is 17.2 Å². The minimum absolute atomic E-state index is 0.151. The van der Waals surface area contributed by atoms with Gasteiger partial charge < -0.3 is 9.42 Å². The molecule has 2 aromatic heterocycles. The topological polar surface area (TPSA) is 89.9 Å². The van der Waals surface area contributed by atoms with Crippen molar-refractivity contribution in [2.75, 3.05) is 13.1 Å². The molecule has 0 aromatic carbocycles. The Labute approximate surface area is 141 Å². The molecular formula is C16H24N6O2. The first-order valence-electron chi connectivity index (χ1n) is 8.57. The van der Waals surface area contributed by atoms with Crippen molar-refractivity contribution in [1.82, 2.24) is 29.8 Å². The summed E-state index contributed by atoms with van der Waals surface area (Å²) in [5.41, 5.74) is 0. The molecule has 1 aliphatic heterocycles. The molecule has 1 fully saturated rings. The highest BCUT2D eigenvalue weighted by Gasteiger charge is 2.28. The Morgan fingerprint density at radius 3 is 3.04 bits per heavy atom. The summed E-state index contributed by atoms with van der Waals surface area (Å²) < 4.78 is 7.15. The van der Waals surface area contributed by atoms with Crippen LogP contribution in [0.25, 0.3) is 0 Å². The summed E-state index contributed by atoms with van der Waals surface area (Å²) in [6, 6.07) is 0. The molecule has 8 heteroatoms. The van der Waals surface area contributed by atoms with E-state index < -0.39 is 0 Å². The zero-order valence-electron chi connectivity index (χ0n) is 14.3. The van der Waals surface area contributed by atoms with Crippen LogP contribution in [0.3, 0.4) is 0 Å². The van der Waals surface area contributed by atoms with Crippen LogP contribution in [0, 0.1) is 0 Å². The van der Waals surface area contributed by atoms with Gasteiger partial charge in [-0.15, -0.1) is 0 Å². The molecule has 0 N–H and O–H groups in total. The van der Waals surface area contributed by atoms with Gasteiger partial charge in [0.1, 0.15) is 12.7 Å². The van der Waals surface area contributed by atoms with Crippen molar-refractivity contribution in [3.63, 3.8) is 0 Å². The minimum atomic E-state index is 0.151. The molecule has 1 unspecified atom stereocenters. The van der Waals surface area contributed by atoms with Crippen molar-refractivity contribution >= 4 is 5.91 Å². The summed E-state index contributed by atoms with van der Waals surface area (Å²) in [6.07, 6.45) is 6.42. The Morgan fingerprint density at radius 1 is 1.46 bits per heavy atom. The number of nitrogens with zero attached hydrogens (tertiary/aromatic N) is 6. The van der Waals surface area contributed by atoms with E-state index in [1.165, 1.54) is 6.33 Å². The Kier molecular flexibility index (Phi) is 5.22. The van der Waals surface area contributed by atoms with Crippen molar-refractivity contribution in [3.05, 3.63) is 24.4 Å². The first-order valence-corrected chi connectivity index (χ1v) is 8.57. The molecule has 0 saturated carbocycles. The number of amides is 1. The largest absolute Gasteiger partial charge is 0.342 e. The quantitative estimate of drug-likeness (QED) is 0.803. The summed E-state index contributed by atoms with van der Waals surface area (Å²) in [7, 11) is 0. The van der Waals surface area contributed by atoms with Gasteiger partial charge in [-0.1, -0.05) is 19.0 Å². The summed E-state index contributed by atoms with van der Waals surface area (Å²) in [5.74, 6) is 1.99. The molecule has 0 bridgehead atoms. The van der Waals surface area contributed by atoms with Crippen molar-refractivity contribution in [2.45, 2.75) is 57.9 Å². The molecule has 2 aromatic rings. The fourth-order valence-electron chi connectivity index (χ4n) is 2.95. The molecular weight excluding hydrogens is 308 g/mol. The third-order valence-electron chi connectivity index (χ3n) is 4.34. The van der Waals surface area contributed by atoms with Crippen LogP contribution in [0.1, 0.15) is 63.1 Å². The fraction of sp³-hybridized carbons (Fsp3) is 0.688. The lowest BCUT2D eigenvalue weighted by molar-refractivity contribution is -0.132. The third-order valence-corrected chi connectivity index (χ3v) is 4.34. The second kappa shape index (κ2) is 7.55. The SMILES string of the molecule is CC(C)c1noc(C2CCCN(C(=O)CCCn3cncn3)C2)n1. The number of aryl methyl sites for hydroxylation is 1. The van der Waals surface area contributed by atoms with Crippen LogP contribution in [-0.2, 0) is 11.3 Å². The van der Waals surface area contributed by atoms with E-state index in [0.717, 1.165) is 31.6 Å². The predicted molar refractivity (Wildman–Crippen MR) is 86.2 cm³/mol. The Balaban J connectivity index is 1.51. The van der Waals surface area contributed by atoms with Crippen molar-refractivity contribution in [1.29, 1.82) is 0 Å². The number of carbonyl (C=O) groups excluding carboxylic acids is 1. The highest BCUT2D eigenvalue weighted by molar-refractivity contribution is 5.76. The monoisotopic (exact) mass is 332 g/mol. The van der Waals surface area contributed by atoms with Gasteiger partial charge in [-0.2, -0.15) is 10.1 Å². The average molecular weight is 332 g/mol. The van der Waals surface area contributed by atoms with Gasteiger partial charge in [0.05, 0.1) is 5.92 Å². The molecule has 24 heavy (non-hydrogen) atoms. The maximum atomic E-state index is 12.4. The number of rotatable bonds is 6. The average Bonchev–Trinajstić information content (AvgIpc) is 3.26. The number of piperidine rings is 1. The van der Waals surface area contributed by atoms with E-state index in [0.29, 0.717) is 25.4 Å². The number of hydrogen-bond donors (Lipinski definition) is 0. The third kappa shape index (κ3) is 3.98. The highest BCUT2D eigenvalue weighted by atomic mass is 16.5. The molecule has 3 rings (SSSR count). The van der Waals surface area contributed by atoms with Gasteiger partial charge >= 0.3 is 0 Å². The van der Waals surface area contributed by atoms with Gasteiger partial charge in [0.25, 0.3) is 0 Å². The van der Waals surface area contributed by atoms with Gasteiger partial charge in [-0.05, 0) is 19.3 Å². The summed E-state index contributed by atoms with van der Waals surface area (Å²) >= 11 is 0. The highest BCUT2D eigenvalue weighted by Crippen LogP contribution is 2.27. The fourth-order valence-corrected chi connectivity index (χ4v) is 2.95. The minimum Gasteiger partial charge on any atom is -0.342 e. The zero-order valence-corrected chi connectivity index (χ0v) is 14.3. The zero-order chi connectivity index (χ0) is 16.9. The lowest BCUT2D eigenvalue weighted by atomic mass is 9.97. The molecule has 0 spiro atoms. The Hall–Kier alpha value is -2.25. The van der Waals surface area contributed by atoms with Crippen molar-refractivity contribution in [3.8, 4) is 0 Å². The molecule has 1 atom stereocenters. The van der Waals surface area contributed by atoms with Crippen LogP contribution in [0.5, 0.6) is 0 Å². The van der Waals surface area contributed by atoms with Crippen molar-refractivity contribution in [2.24, 2.45) is 0 Å². The van der Waals surface area contributed by atoms with E-state index in [1.807, 2.05) is 18.7 Å². The Bertz CT molecular complexity index is 651. The van der Waals surface area contributed by atoms with Crippen LogP contribution in [0.2, 0.25) is 0 Å². The number of likely N-dealkylation sites (tertiary alicyclic amines) is 1. The molecule has 130 valence electrons. The first-order chi connectivity index (χ1) is 11.6. The summed E-state index contributed by atoms with van der Waals surface area (Å²) in [5, 5.41) is 8.08. The van der Waals surface area contributed by atoms with E-state index in [1.54, 1.807) is 11.0 Å². The van der Waals surface area contributed by atoms with Gasteiger partial charge in [-0.3, -0.25) is 9.48 Å². The predicted octanol–water partition coefficient (Wildman–Crippen LogP) is 1.97. The molecule has 8 nitrogen and oxygen atoms in total. The molecule has 1 aliphatic rings. The molecule has 0 radical (unpaired) electrons. The van der Waals surface area contributed by atoms with Crippen LogP contribution in [-0.4, -0.2) is 48.8 Å². The van der Waals surface area contributed by atoms with Crippen LogP contribution in [0.4, 0.5) is 0 Å². The van der Waals surface area contributed by atoms with Gasteiger partial charge in [-0.25, -0.2) is 4.98 Å². The second-order valence-corrected chi connectivity index (χ2v) is 6.59. The van der Waals surface area contributed by atoms with Gasteiger partial charge in [0.2, 0.25) is 11.8 Å². The number of aromatic nitrogens is 5. The Morgan fingerprint density at radius 2 is 2.33 bits per heavy atom. The lowest BCUT2D eigenvalue weighted by Gasteiger charge is -2.31. The molecule has 1 amide bonds. The maximum absolute atomic E-state index is 12.4. The second-order valence-electron chi connectivity index (χ2n) is 6.59. The maximum Gasteiger partial charge on any atom is 0.231 e.